The zero-order chi connectivity index (χ0) is 12.3. The van der Waals surface area contributed by atoms with Crippen LogP contribution in [-0.2, 0) is 0 Å². The molecule has 1 fully saturated rings. The Labute approximate surface area is 102 Å². The molecule has 0 saturated carbocycles. The fraction of sp³-hybridized carbons (Fsp3) is 0.538. The first-order chi connectivity index (χ1) is 8.20. The van der Waals surface area contributed by atoms with E-state index in [1.165, 1.54) is 0 Å². The SMILES string of the molecule is Cc1cc(OCC2CCNC2)c(C#N)c(C)n1. The molecular formula is C13H17N3O. The number of aryl methyl sites for hydroxylation is 2. The van der Waals surface area contributed by atoms with Gasteiger partial charge in [-0.3, -0.25) is 4.98 Å². The standard InChI is InChI=1S/C13H17N3O/c1-9-5-13(12(6-14)10(2)16-9)17-8-11-3-4-15-7-11/h5,11,15H,3-4,7-8H2,1-2H3. The second-order valence-electron chi connectivity index (χ2n) is 4.50. The first-order valence-electron chi connectivity index (χ1n) is 5.92. The van der Waals surface area contributed by atoms with Crippen molar-refractivity contribution in [2.45, 2.75) is 20.3 Å². The van der Waals surface area contributed by atoms with Gasteiger partial charge in [-0.1, -0.05) is 0 Å². The molecule has 1 atom stereocenters. The Bertz CT molecular complexity index is 445. The minimum absolute atomic E-state index is 0.551. The van der Waals surface area contributed by atoms with Crippen molar-refractivity contribution >= 4 is 0 Å². The van der Waals surface area contributed by atoms with Gasteiger partial charge >= 0.3 is 0 Å². The molecule has 1 aliphatic heterocycles. The predicted molar refractivity (Wildman–Crippen MR) is 64.9 cm³/mol. The predicted octanol–water partition coefficient (Wildman–Crippen LogP) is 1.56. The van der Waals surface area contributed by atoms with Gasteiger partial charge in [0.1, 0.15) is 17.4 Å². The first-order valence-corrected chi connectivity index (χ1v) is 5.92. The summed E-state index contributed by atoms with van der Waals surface area (Å²) in [6.07, 6.45) is 1.14. The fourth-order valence-electron chi connectivity index (χ4n) is 2.11. The molecule has 90 valence electrons. The minimum atomic E-state index is 0.551. The largest absolute Gasteiger partial charge is 0.492 e. The quantitative estimate of drug-likeness (QED) is 0.857. The van der Waals surface area contributed by atoms with E-state index in [4.69, 9.17) is 10.00 Å². The Balaban J connectivity index is 2.11. The summed E-state index contributed by atoms with van der Waals surface area (Å²) in [4.78, 5) is 4.27. The van der Waals surface area contributed by atoms with Crippen molar-refractivity contribution in [1.29, 1.82) is 5.26 Å². The molecule has 2 rings (SSSR count). The van der Waals surface area contributed by atoms with Crippen LogP contribution in [0, 0.1) is 31.1 Å². The van der Waals surface area contributed by atoms with Crippen molar-refractivity contribution in [3.63, 3.8) is 0 Å². The van der Waals surface area contributed by atoms with Crippen LogP contribution in [0.25, 0.3) is 0 Å². The normalized spacial score (nSPS) is 19.0. The monoisotopic (exact) mass is 231 g/mol. The zero-order valence-corrected chi connectivity index (χ0v) is 10.3. The summed E-state index contributed by atoms with van der Waals surface area (Å²) in [5.74, 6) is 1.22. The lowest BCUT2D eigenvalue weighted by molar-refractivity contribution is 0.259. The Morgan fingerprint density at radius 2 is 2.41 bits per heavy atom. The average molecular weight is 231 g/mol. The second kappa shape index (κ2) is 5.15. The number of rotatable bonds is 3. The molecule has 1 aromatic rings. The summed E-state index contributed by atoms with van der Waals surface area (Å²) in [6.45, 7) is 6.50. The highest BCUT2D eigenvalue weighted by atomic mass is 16.5. The van der Waals surface area contributed by atoms with E-state index in [-0.39, 0.29) is 0 Å². The lowest BCUT2D eigenvalue weighted by Gasteiger charge is -2.13. The molecule has 17 heavy (non-hydrogen) atoms. The molecule has 4 heteroatoms. The number of nitrogens with zero attached hydrogens (tertiary/aromatic N) is 2. The number of nitrogens with one attached hydrogen (secondary N) is 1. The summed E-state index contributed by atoms with van der Waals surface area (Å²) >= 11 is 0. The van der Waals surface area contributed by atoms with Gasteiger partial charge in [0.05, 0.1) is 12.3 Å². The molecule has 1 aliphatic rings. The highest BCUT2D eigenvalue weighted by Gasteiger charge is 2.16. The van der Waals surface area contributed by atoms with Crippen LogP contribution in [0.5, 0.6) is 5.75 Å². The van der Waals surface area contributed by atoms with Gasteiger partial charge in [-0.2, -0.15) is 5.26 Å². The number of pyridine rings is 1. The van der Waals surface area contributed by atoms with Crippen molar-refractivity contribution in [1.82, 2.24) is 10.3 Å². The van der Waals surface area contributed by atoms with Crippen LogP contribution < -0.4 is 10.1 Å². The van der Waals surface area contributed by atoms with E-state index in [0.29, 0.717) is 23.8 Å². The lowest BCUT2D eigenvalue weighted by Crippen LogP contribution is -2.16. The fourth-order valence-corrected chi connectivity index (χ4v) is 2.11. The molecular weight excluding hydrogens is 214 g/mol. The summed E-state index contributed by atoms with van der Waals surface area (Å²) in [5, 5.41) is 12.4. The highest BCUT2D eigenvalue weighted by molar-refractivity contribution is 5.46. The maximum atomic E-state index is 9.10. The third-order valence-corrected chi connectivity index (χ3v) is 3.04. The number of ether oxygens (including phenoxy) is 1. The van der Waals surface area contributed by atoms with Gasteiger partial charge in [0.25, 0.3) is 0 Å². The molecule has 0 radical (unpaired) electrons. The van der Waals surface area contributed by atoms with E-state index in [9.17, 15) is 0 Å². The number of aromatic nitrogens is 1. The average Bonchev–Trinajstić information content (AvgIpc) is 2.78. The number of hydrogen-bond acceptors (Lipinski definition) is 4. The van der Waals surface area contributed by atoms with Crippen LogP contribution >= 0.6 is 0 Å². The molecule has 2 heterocycles. The Morgan fingerprint density at radius 1 is 1.59 bits per heavy atom. The summed E-state index contributed by atoms with van der Waals surface area (Å²) in [6, 6.07) is 4.00. The summed E-state index contributed by atoms with van der Waals surface area (Å²) in [7, 11) is 0. The van der Waals surface area contributed by atoms with Gasteiger partial charge in [0, 0.05) is 24.2 Å². The second-order valence-corrected chi connectivity index (χ2v) is 4.50. The minimum Gasteiger partial charge on any atom is -0.492 e. The van der Waals surface area contributed by atoms with Gasteiger partial charge < -0.3 is 10.1 Å². The van der Waals surface area contributed by atoms with E-state index in [1.807, 2.05) is 19.9 Å². The van der Waals surface area contributed by atoms with Gasteiger partial charge in [0.2, 0.25) is 0 Å². The zero-order valence-electron chi connectivity index (χ0n) is 10.3. The number of hydrogen-bond donors (Lipinski definition) is 1. The van der Waals surface area contributed by atoms with Gasteiger partial charge in [-0.05, 0) is 26.8 Å². The smallest absolute Gasteiger partial charge is 0.140 e. The summed E-state index contributed by atoms with van der Waals surface area (Å²) < 4.78 is 5.77. The Kier molecular flexibility index (Phi) is 3.60. The Hall–Kier alpha value is -1.60. The lowest BCUT2D eigenvalue weighted by atomic mass is 10.1. The summed E-state index contributed by atoms with van der Waals surface area (Å²) in [5.41, 5.74) is 2.19. The van der Waals surface area contributed by atoms with Crippen LogP contribution in [0.2, 0.25) is 0 Å². The molecule has 0 amide bonds. The molecule has 1 saturated heterocycles. The highest BCUT2D eigenvalue weighted by Crippen LogP contribution is 2.22. The van der Waals surface area contributed by atoms with Crippen LogP contribution in [0.15, 0.2) is 6.07 Å². The van der Waals surface area contributed by atoms with Crippen molar-refractivity contribution < 1.29 is 4.74 Å². The molecule has 0 bridgehead atoms. The van der Waals surface area contributed by atoms with E-state index in [2.05, 4.69) is 16.4 Å². The van der Waals surface area contributed by atoms with Crippen LogP contribution in [0.3, 0.4) is 0 Å². The first kappa shape index (κ1) is 11.9. The maximum Gasteiger partial charge on any atom is 0.140 e. The molecule has 1 aromatic heterocycles. The molecule has 1 N–H and O–H groups in total. The Morgan fingerprint density at radius 3 is 3.06 bits per heavy atom. The van der Waals surface area contributed by atoms with Gasteiger partial charge in [-0.15, -0.1) is 0 Å². The maximum absolute atomic E-state index is 9.10. The molecule has 0 spiro atoms. The van der Waals surface area contributed by atoms with Crippen molar-refractivity contribution in [2.24, 2.45) is 5.92 Å². The van der Waals surface area contributed by atoms with Crippen molar-refractivity contribution in [2.75, 3.05) is 19.7 Å². The molecule has 1 unspecified atom stereocenters. The third kappa shape index (κ3) is 2.75. The van der Waals surface area contributed by atoms with Gasteiger partial charge in [0.15, 0.2) is 0 Å². The van der Waals surface area contributed by atoms with Crippen LogP contribution in [0.1, 0.15) is 23.4 Å². The van der Waals surface area contributed by atoms with E-state index in [1.54, 1.807) is 0 Å². The van der Waals surface area contributed by atoms with Crippen molar-refractivity contribution in [3.05, 3.63) is 23.0 Å². The topological polar surface area (TPSA) is 57.9 Å². The molecule has 0 aliphatic carbocycles. The van der Waals surface area contributed by atoms with Gasteiger partial charge in [-0.25, -0.2) is 0 Å². The third-order valence-electron chi connectivity index (χ3n) is 3.04. The van der Waals surface area contributed by atoms with Crippen LogP contribution in [0.4, 0.5) is 0 Å². The van der Waals surface area contributed by atoms with E-state index >= 15 is 0 Å². The van der Waals surface area contributed by atoms with E-state index in [0.717, 1.165) is 30.9 Å². The van der Waals surface area contributed by atoms with Crippen molar-refractivity contribution in [3.8, 4) is 11.8 Å². The molecule has 0 aromatic carbocycles. The number of nitriles is 1. The van der Waals surface area contributed by atoms with E-state index < -0.39 is 0 Å². The van der Waals surface area contributed by atoms with Crippen LogP contribution in [-0.4, -0.2) is 24.7 Å². The molecule has 4 nitrogen and oxygen atoms in total.